The Morgan fingerprint density at radius 3 is 2.15 bits per heavy atom. The summed E-state index contributed by atoms with van der Waals surface area (Å²) in [5.74, 6) is -0.638. The molecule has 5 unspecified atom stereocenters. The molecule has 8 heteroatoms. The molecule has 5 atom stereocenters. The van der Waals surface area contributed by atoms with Gasteiger partial charge in [-0.05, 0) is 44.4 Å². The van der Waals surface area contributed by atoms with Gasteiger partial charge in [0.05, 0.1) is 0 Å². The minimum absolute atomic E-state index is 0.0444. The third kappa shape index (κ3) is 6.22. The molecule has 0 spiro atoms. The summed E-state index contributed by atoms with van der Waals surface area (Å²) in [6.07, 6.45) is 5.20. The normalized spacial score (nSPS) is 30.7. The molecule has 2 aliphatic carbocycles. The summed E-state index contributed by atoms with van der Waals surface area (Å²) in [4.78, 5) is 47.8. The fourth-order valence-electron chi connectivity index (χ4n) is 4.23. The van der Waals surface area contributed by atoms with Gasteiger partial charge in [0.25, 0.3) is 0 Å². The largest absolute Gasteiger partial charge is 0.359 e. The first-order valence-electron chi connectivity index (χ1n) is 9.90. The number of carbonyl (C=O) groups excluding carboxylic acids is 4. The van der Waals surface area contributed by atoms with Crippen molar-refractivity contribution < 1.29 is 19.2 Å². The molecule has 8 nitrogen and oxygen atoms in total. The standard InChI is InChI=1S/C19H32N4O4/c1-11-7-8-15(21-12(2)24)10-16(11)22-19(27)23-18(26)14-6-4-5-13(9-14)17(25)20-3/h11,13-16H,4-10H2,1-3H3,(H,20,25)(H,21,24)(H2,22,23,26,27). The van der Waals surface area contributed by atoms with Crippen molar-refractivity contribution >= 4 is 23.8 Å². The Labute approximate surface area is 160 Å². The summed E-state index contributed by atoms with van der Waals surface area (Å²) < 4.78 is 0. The maximum absolute atomic E-state index is 12.4. The molecule has 0 aromatic carbocycles. The van der Waals surface area contributed by atoms with Gasteiger partial charge in [-0.2, -0.15) is 0 Å². The minimum atomic E-state index is -0.498. The van der Waals surface area contributed by atoms with E-state index in [0.29, 0.717) is 19.3 Å². The van der Waals surface area contributed by atoms with Gasteiger partial charge in [-0.3, -0.25) is 19.7 Å². The van der Waals surface area contributed by atoms with Crippen molar-refractivity contribution in [2.24, 2.45) is 17.8 Å². The zero-order valence-electron chi connectivity index (χ0n) is 16.5. The van der Waals surface area contributed by atoms with Crippen molar-refractivity contribution in [1.29, 1.82) is 0 Å². The molecule has 0 saturated heterocycles. The molecule has 0 radical (unpaired) electrons. The number of rotatable bonds is 4. The average molecular weight is 380 g/mol. The van der Waals surface area contributed by atoms with Crippen LogP contribution in [0.15, 0.2) is 0 Å². The maximum atomic E-state index is 12.4. The first kappa shape index (κ1) is 21.2. The number of carbonyl (C=O) groups is 4. The predicted molar refractivity (Wildman–Crippen MR) is 101 cm³/mol. The van der Waals surface area contributed by atoms with Gasteiger partial charge in [0, 0.05) is 37.9 Å². The summed E-state index contributed by atoms with van der Waals surface area (Å²) >= 11 is 0. The lowest BCUT2D eigenvalue weighted by molar-refractivity contribution is -0.129. The lowest BCUT2D eigenvalue weighted by Gasteiger charge is -2.35. The highest BCUT2D eigenvalue weighted by atomic mass is 16.2. The summed E-state index contributed by atoms with van der Waals surface area (Å²) in [6.45, 7) is 3.55. The van der Waals surface area contributed by atoms with Crippen LogP contribution in [-0.2, 0) is 14.4 Å². The Hall–Kier alpha value is -2.12. The molecule has 2 rings (SSSR count). The number of imide groups is 1. The fourth-order valence-corrected chi connectivity index (χ4v) is 4.23. The topological polar surface area (TPSA) is 116 Å². The molecule has 0 aromatic rings. The van der Waals surface area contributed by atoms with E-state index in [2.05, 4.69) is 28.2 Å². The number of amides is 5. The van der Waals surface area contributed by atoms with Gasteiger partial charge in [-0.1, -0.05) is 13.3 Å². The molecule has 5 amide bonds. The Balaban J connectivity index is 1.84. The number of hydrogen-bond donors (Lipinski definition) is 4. The second-order valence-electron chi connectivity index (χ2n) is 7.93. The van der Waals surface area contributed by atoms with Gasteiger partial charge in [-0.15, -0.1) is 0 Å². The number of urea groups is 1. The van der Waals surface area contributed by atoms with Crippen LogP contribution in [0.4, 0.5) is 4.79 Å². The zero-order chi connectivity index (χ0) is 20.0. The van der Waals surface area contributed by atoms with Crippen molar-refractivity contribution in [2.45, 2.75) is 70.9 Å². The van der Waals surface area contributed by atoms with Crippen LogP contribution in [0.25, 0.3) is 0 Å². The summed E-state index contributed by atoms with van der Waals surface area (Å²) in [5, 5.41) is 10.9. The monoisotopic (exact) mass is 380 g/mol. The highest BCUT2D eigenvalue weighted by Crippen LogP contribution is 2.29. The first-order valence-corrected chi connectivity index (χ1v) is 9.90. The molecule has 27 heavy (non-hydrogen) atoms. The van der Waals surface area contributed by atoms with Crippen molar-refractivity contribution in [3.63, 3.8) is 0 Å². The Bertz CT molecular complexity index is 580. The SMILES string of the molecule is CNC(=O)C1CCCC(C(=O)NC(=O)NC2CC(NC(C)=O)CCC2C)C1. The summed E-state index contributed by atoms with van der Waals surface area (Å²) in [6, 6.07) is -0.540. The smallest absolute Gasteiger partial charge is 0.321 e. The highest BCUT2D eigenvalue weighted by Gasteiger charge is 2.33. The lowest BCUT2D eigenvalue weighted by Crippen LogP contribution is -2.53. The molecular formula is C19H32N4O4. The molecule has 2 saturated carbocycles. The molecule has 2 aliphatic rings. The maximum Gasteiger partial charge on any atom is 0.321 e. The molecule has 152 valence electrons. The molecule has 0 aromatic heterocycles. The van der Waals surface area contributed by atoms with E-state index in [1.807, 2.05) is 0 Å². The van der Waals surface area contributed by atoms with E-state index in [0.717, 1.165) is 25.7 Å². The van der Waals surface area contributed by atoms with E-state index in [1.54, 1.807) is 7.05 Å². The summed E-state index contributed by atoms with van der Waals surface area (Å²) in [5.41, 5.74) is 0. The van der Waals surface area contributed by atoms with E-state index in [1.165, 1.54) is 6.92 Å². The molecular weight excluding hydrogens is 348 g/mol. The van der Waals surface area contributed by atoms with Gasteiger partial charge in [0.15, 0.2) is 0 Å². The average Bonchev–Trinajstić information content (AvgIpc) is 2.63. The second-order valence-corrected chi connectivity index (χ2v) is 7.93. The van der Waals surface area contributed by atoms with E-state index in [9.17, 15) is 19.2 Å². The third-order valence-electron chi connectivity index (χ3n) is 5.82. The van der Waals surface area contributed by atoms with E-state index < -0.39 is 6.03 Å². The molecule has 0 heterocycles. The van der Waals surface area contributed by atoms with Crippen LogP contribution < -0.4 is 21.3 Å². The quantitative estimate of drug-likeness (QED) is 0.583. The van der Waals surface area contributed by atoms with Crippen LogP contribution in [0.3, 0.4) is 0 Å². The van der Waals surface area contributed by atoms with Crippen LogP contribution in [0.1, 0.15) is 58.8 Å². The van der Waals surface area contributed by atoms with Crippen LogP contribution in [0.5, 0.6) is 0 Å². The van der Waals surface area contributed by atoms with Gasteiger partial charge >= 0.3 is 6.03 Å². The Morgan fingerprint density at radius 2 is 1.52 bits per heavy atom. The van der Waals surface area contributed by atoms with Crippen molar-refractivity contribution in [3.05, 3.63) is 0 Å². The van der Waals surface area contributed by atoms with Crippen molar-refractivity contribution in [3.8, 4) is 0 Å². The number of hydrogen-bond acceptors (Lipinski definition) is 4. The fraction of sp³-hybridized carbons (Fsp3) is 0.789. The van der Waals surface area contributed by atoms with Gasteiger partial charge < -0.3 is 16.0 Å². The van der Waals surface area contributed by atoms with Crippen LogP contribution >= 0.6 is 0 Å². The van der Waals surface area contributed by atoms with Gasteiger partial charge in [0.1, 0.15) is 0 Å². The zero-order valence-corrected chi connectivity index (χ0v) is 16.5. The number of nitrogens with one attached hydrogen (secondary N) is 4. The van der Waals surface area contributed by atoms with E-state index >= 15 is 0 Å². The first-order chi connectivity index (χ1) is 12.8. The Kier molecular flexibility index (Phi) is 7.62. The third-order valence-corrected chi connectivity index (χ3v) is 5.82. The molecule has 2 fully saturated rings. The van der Waals surface area contributed by atoms with Crippen molar-refractivity contribution in [2.75, 3.05) is 7.05 Å². The van der Waals surface area contributed by atoms with Crippen molar-refractivity contribution in [1.82, 2.24) is 21.3 Å². The van der Waals surface area contributed by atoms with Crippen LogP contribution in [0, 0.1) is 17.8 Å². The lowest BCUT2D eigenvalue weighted by atomic mass is 9.80. The van der Waals surface area contributed by atoms with Gasteiger partial charge in [-0.25, -0.2) is 4.79 Å². The molecule has 0 bridgehead atoms. The molecule has 4 N–H and O–H groups in total. The highest BCUT2D eigenvalue weighted by molar-refractivity contribution is 5.96. The predicted octanol–water partition coefficient (Wildman–Crippen LogP) is 1.06. The van der Waals surface area contributed by atoms with Crippen LogP contribution in [-0.4, -0.2) is 42.9 Å². The molecule has 0 aliphatic heterocycles. The van der Waals surface area contributed by atoms with E-state index in [-0.39, 0.29) is 47.6 Å². The van der Waals surface area contributed by atoms with E-state index in [4.69, 9.17) is 0 Å². The Morgan fingerprint density at radius 1 is 0.852 bits per heavy atom. The van der Waals surface area contributed by atoms with Gasteiger partial charge in [0.2, 0.25) is 17.7 Å². The second kappa shape index (κ2) is 9.71. The minimum Gasteiger partial charge on any atom is -0.359 e. The van der Waals surface area contributed by atoms with Crippen LogP contribution in [0.2, 0.25) is 0 Å². The summed E-state index contributed by atoms with van der Waals surface area (Å²) in [7, 11) is 1.60.